The molecule has 1 aromatic heterocycles. The van der Waals surface area contributed by atoms with Crippen molar-refractivity contribution in [3.05, 3.63) is 35.2 Å². The zero-order valence-electron chi connectivity index (χ0n) is 14.1. The summed E-state index contributed by atoms with van der Waals surface area (Å²) in [7, 11) is 0. The highest BCUT2D eigenvalue weighted by Crippen LogP contribution is 2.61. The fourth-order valence-corrected chi connectivity index (χ4v) is 7.24. The van der Waals surface area contributed by atoms with Gasteiger partial charge in [-0.25, -0.2) is 0 Å². The lowest BCUT2D eigenvalue weighted by atomic mass is 9.49. The molecular weight excluding hydrogens is 314 g/mol. The van der Waals surface area contributed by atoms with Crippen LogP contribution < -0.4 is 5.32 Å². The second-order valence-corrected chi connectivity index (χ2v) is 9.54. The van der Waals surface area contributed by atoms with Gasteiger partial charge < -0.3 is 5.32 Å². The van der Waals surface area contributed by atoms with Crippen molar-refractivity contribution in [3.8, 4) is 0 Å². The predicted octanol–water partition coefficient (Wildman–Crippen LogP) is 5.12. The van der Waals surface area contributed by atoms with E-state index >= 15 is 0 Å². The molecule has 0 unspecified atom stereocenters. The van der Waals surface area contributed by atoms with Crippen molar-refractivity contribution >= 4 is 27.3 Å². The summed E-state index contributed by atoms with van der Waals surface area (Å²) < 4.78 is 1.31. The Morgan fingerprint density at radius 3 is 2.46 bits per heavy atom. The van der Waals surface area contributed by atoms with Crippen LogP contribution in [0.4, 0.5) is 0 Å². The first-order valence-electron chi connectivity index (χ1n) is 9.41. The third-order valence-corrected chi connectivity index (χ3v) is 7.75. The molecule has 4 saturated carbocycles. The number of rotatable bonds is 4. The SMILES string of the molecule is O=C(CC12CC3CC(CC(C3)C1)C2)NCc1csc2ccccc12. The van der Waals surface area contributed by atoms with Crippen LogP contribution in [0.3, 0.4) is 0 Å². The summed E-state index contributed by atoms with van der Waals surface area (Å²) in [4.78, 5) is 12.7. The number of benzene rings is 1. The number of fused-ring (bicyclic) bond motifs is 1. The zero-order chi connectivity index (χ0) is 16.1. The van der Waals surface area contributed by atoms with Gasteiger partial charge in [-0.2, -0.15) is 0 Å². The lowest BCUT2D eigenvalue weighted by Gasteiger charge is -2.56. The van der Waals surface area contributed by atoms with Crippen LogP contribution in [-0.4, -0.2) is 5.91 Å². The average Bonchev–Trinajstić information content (AvgIpc) is 2.94. The maximum Gasteiger partial charge on any atom is 0.220 e. The van der Waals surface area contributed by atoms with Gasteiger partial charge in [0.1, 0.15) is 0 Å². The highest BCUT2D eigenvalue weighted by atomic mass is 32.1. The van der Waals surface area contributed by atoms with E-state index < -0.39 is 0 Å². The van der Waals surface area contributed by atoms with Crippen molar-refractivity contribution < 1.29 is 4.79 Å². The molecule has 24 heavy (non-hydrogen) atoms. The molecule has 2 nitrogen and oxygen atoms in total. The molecule has 4 fully saturated rings. The fourth-order valence-electron chi connectivity index (χ4n) is 6.27. The molecular formula is C21H25NOS. The summed E-state index contributed by atoms with van der Waals surface area (Å²) in [5, 5.41) is 6.70. The summed E-state index contributed by atoms with van der Waals surface area (Å²) in [5.41, 5.74) is 1.60. The normalized spacial score (nSPS) is 33.9. The molecule has 6 rings (SSSR count). The fraction of sp³-hybridized carbons (Fsp3) is 0.571. The third kappa shape index (κ3) is 2.57. The first kappa shape index (κ1) is 14.9. The Labute approximate surface area is 147 Å². The minimum Gasteiger partial charge on any atom is -0.352 e. The highest BCUT2D eigenvalue weighted by Gasteiger charge is 2.51. The number of hydrogen-bond donors (Lipinski definition) is 1. The van der Waals surface area contributed by atoms with Gasteiger partial charge in [0, 0.05) is 17.7 Å². The Morgan fingerprint density at radius 1 is 1.08 bits per heavy atom. The van der Waals surface area contributed by atoms with Gasteiger partial charge in [-0.15, -0.1) is 11.3 Å². The minimum atomic E-state index is 0.271. The molecule has 1 N–H and O–H groups in total. The molecule has 0 spiro atoms. The minimum absolute atomic E-state index is 0.271. The Hall–Kier alpha value is -1.35. The van der Waals surface area contributed by atoms with Crippen molar-refractivity contribution in [1.82, 2.24) is 5.32 Å². The smallest absolute Gasteiger partial charge is 0.220 e. The summed E-state index contributed by atoms with van der Waals surface area (Å²) >= 11 is 1.77. The number of nitrogens with one attached hydrogen (secondary N) is 1. The van der Waals surface area contributed by atoms with Crippen LogP contribution in [0.15, 0.2) is 29.6 Å². The van der Waals surface area contributed by atoms with Crippen molar-refractivity contribution in [2.75, 3.05) is 0 Å². The number of hydrogen-bond acceptors (Lipinski definition) is 2. The van der Waals surface area contributed by atoms with E-state index in [0.29, 0.717) is 12.0 Å². The Balaban J connectivity index is 1.25. The summed E-state index contributed by atoms with van der Waals surface area (Å²) in [6, 6.07) is 8.47. The van der Waals surface area contributed by atoms with E-state index in [-0.39, 0.29) is 5.91 Å². The summed E-state index contributed by atoms with van der Waals surface area (Å²) in [6.07, 6.45) is 9.04. The summed E-state index contributed by atoms with van der Waals surface area (Å²) in [6.45, 7) is 0.676. The molecule has 0 saturated heterocycles. The lowest BCUT2D eigenvalue weighted by molar-refractivity contribution is -0.129. The maximum atomic E-state index is 12.7. The second-order valence-electron chi connectivity index (χ2n) is 8.63. The first-order chi connectivity index (χ1) is 11.7. The van der Waals surface area contributed by atoms with E-state index in [1.165, 1.54) is 54.2 Å². The van der Waals surface area contributed by atoms with Crippen LogP contribution in [-0.2, 0) is 11.3 Å². The standard InChI is InChI=1S/C21H25NOS/c23-20(22-12-17-13-24-19-4-2-1-3-18(17)19)11-21-8-14-5-15(9-21)7-16(6-14)10-21/h1-4,13-16H,5-12H2,(H,22,23). The lowest BCUT2D eigenvalue weighted by Crippen LogP contribution is -2.47. The maximum absolute atomic E-state index is 12.7. The monoisotopic (exact) mass is 339 g/mol. The number of carbonyl (C=O) groups is 1. The molecule has 2 aromatic rings. The molecule has 4 aliphatic carbocycles. The highest BCUT2D eigenvalue weighted by molar-refractivity contribution is 7.17. The Kier molecular flexibility index (Phi) is 3.48. The number of amides is 1. The second kappa shape index (κ2) is 5.59. The van der Waals surface area contributed by atoms with Gasteiger partial charge >= 0.3 is 0 Å². The van der Waals surface area contributed by atoms with Crippen LogP contribution >= 0.6 is 11.3 Å². The van der Waals surface area contributed by atoms with E-state index in [9.17, 15) is 4.79 Å². The molecule has 0 aliphatic heterocycles. The van der Waals surface area contributed by atoms with E-state index in [1.54, 1.807) is 11.3 Å². The molecule has 0 radical (unpaired) electrons. The van der Waals surface area contributed by atoms with Crippen LogP contribution in [0.25, 0.3) is 10.1 Å². The quantitative estimate of drug-likeness (QED) is 0.822. The van der Waals surface area contributed by atoms with Gasteiger partial charge in [-0.1, -0.05) is 18.2 Å². The van der Waals surface area contributed by atoms with Crippen molar-refractivity contribution in [2.24, 2.45) is 23.2 Å². The van der Waals surface area contributed by atoms with Crippen LogP contribution in [0, 0.1) is 23.2 Å². The largest absolute Gasteiger partial charge is 0.352 e. The van der Waals surface area contributed by atoms with Crippen molar-refractivity contribution in [2.45, 2.75) is 51.5 Å². The Bertz CT molecular complexity index is 742. The van der Waals surface area contributed by atoms with Crippen LogP contribution in [0.1, 0.15) is 50.5 Å². The zero-order valence-corrected chi connectivity index (χ0v) is 14.9. The first-order valence-corrected chi connectivity index (χ1v) is 10.3. The van der Waals surface area contributed by atoms with E-state index in [2.05, 4.69) is 35.0 Å². The van der Waals surface area contributed by atoms with Gasteiger partial charge in [0.25, 0.3) is 0 Å². The Morgan fingerprint density at radius 2 is 1.75 bits per heavy atom. The van der Waals surface area contributed by atoms with E-state index in [4.69, 9.17) is 0 Å². The van der Waals surface area contributed by atoms with Gasteiger partial charge in [0.05, 0.1) is 0 Å². The van der Waals surface area contributed by atoms with Gasteiger partial charge in [-0.3, -0.25) is 4.79 Å². The van der Waals surface area contributed by atoms with Gasteiger partial charge in [0.2, 0.25) is 5.91 Å². The third-order valence-electron chi connectivity index (χ3n) is 6.74. The summed E-state index contributed by atoms with van der Waals surface area (Å²) in [5.74, 6) is 3.03. The van der Waals surface area contributed by atoms with Crippen LogP contribution in [0.5, 0.6) is 0 Å². The van der Waals surface area contributed by atoms with E-state index in [0.717, 1.165) is 24.2 Å². The molecule has 126 valence electrons. The van der Waals surface area contributed by atoms with Crippen LogP contribution in [0.2, 0.25) is 0 Å². The van der Waals surface area contributed by atoms with Gasteiger partial charge in [0.15, 0.2) is 0 Å². The molecule has 1 amide bonds. The molecule has 4 aliphatic rings. The molecule has 0 atom stereocenters. The van der Waals surface area contributed by atoms with Crippen molar-refractivity contribution in [3.63, 3.8) is 0 Å². The predicted molar refractivity (Wildman–Crippen MR) is 98.9 cm³/mol. The van der Waals surface area contributed by atoms with E-state index in [1.807, 2.05) is 0 Å². The molecule has 3 heteroatoms. The molecule has 4 bridgehead atoms. The molecule has 1 heterocycles. The molecule has 1 aromatic carbocycles. The number of thiophene rings is 1. The topological polar surface area (TPSA) is 29.1 Å². The van der Waals surface area contributed by atoms with Crippen molar-refractivity contribution in [1.29, 1.82) is 0 Å². The average molecular weight is 340 g/mol. The number of carbonyl (C=O) groups excluding carboxylic acids is 1. The van der Waals surface area contributed by atoms with Gasteiger partial charge in [-0.05, 0) is 84.1 Å².